The van der Waals surface area contributed by atoms with Crippen LogP contribution in [0.1, 0.15) is 21.5 Å². The van der Waals surface area contributed by atoms with Crippen LogP contribution in [0.15, 0.2) is 54.6 Å². The summed E-state index contributed by atoms with van der Waals surface area (Å²) in [5.41, 5.74) is 2.20. The van der Waals surface area contributed by atoms with Crippen LogP contribution in [0, 0.1) is 11.3 Å². The zero-order chi connectivity index (χ0) is 19.6. The van der Waals surface area contributed by atoms with Crippen LogP contribution in [-0.2, 0) is 14.3 Å². The summed E-state index contributed by atoms with van der Waals surface area (Å²) in [5, 5.41) is 13.8. The summed E-state index contributed by atoms with van der Waals surface area (Å²) < 4.78 is 4.87. The average Bonchev–Trinajstić information content (AvgIpc) is 2.71. The number of esters is 1. The standard InChI is InChI=1S/C20H17N3O4/c1-22-20(26)16-7-9-17(10-8-16)23-18(24)13-27-19(25)11-6-14-2-4-15(12-21)5-3-14/h2-11H,13H2,1H3,(H,22,26)(H,23,24)/b11-6+. The molecule has 0 radical (unpaired) electrons. The summed E-state index contributed by atoms with van der Waals surface area (Å²) in [5.74, 6) is -1.39. The van der Waals surface area contributed by atoms with Crippen LogP contribution in [0.25, 0.3) is 6.08 Å². The van der Waals surface area contributed by atoms with Gasteiger partial charge in [0.15, 0.2) is 6.61 Å². The second kappa shape index (κ2) is 9.53. The van der Waals surface area contributed by atoms with Gasteiger partial charge in [-0.25, -0.2) is 4.79 Å². The van der Waals surface area contributed by atoms with Crippen molar-refractivity contribution in [1.29, 1.82) is 5.26 Å². The number of benzene rings is 2. The Labute approximate surface area is 156 Å². The van der Waals surface area contributed by atoms with Crippen molar-refractivity contribution in [3.05, 3.63) is 71.3 Å². The molecule has 2 aromatic carbocycles. The van der Waals surface area contributed by atoms with Gasteiger partial charge in [-0.15, -0.1) is 0 Å². The lowest BCUT2D eigenvalue weighted by Crippen LogP contribution is -2.20. The SMILES string of the molecule is CNC(=O)c1ccc(NC(=O)COC(=O)/C=C/c2ccc(C#N)cc2)cc1. The average molecular weight is 363 g/mol. The fourth-order valence-electron chi connectivity index (χ4n) is 2.06. The van der Waals surface area contributed by atoms with E-state index in [4.69, 9.17) is 10.00 Å². The molecule has 0 spiro atoms. The summed E-state index contributed by atoms with van der Waals surface area (Å²) in [4.78, 5) is 34.9. The molecule has 0 aliphatic carbocycles. The monoisotopic (exact) mass is 363 g/mol. The van der Waals surface area contributed by atoms with E-state index in [9.17, 15) is 14.4 Å². The third kappa shape index (κ3) is 6.14. The molecule has 0 aromatic heterocycles. The van der Waals surface area contributed by atoms with Crippen molar-refractivity contribution in [2.75, 3.05) is 19.0 Å². The molecule has 0 saturated carbocycles. The molecule has 0 aliphatic rings. The van der Waals surface area contributed by atoms with Crippen LogP contribution in [0.4, 0.5) is 5.69 Å². The van der Waals surface area contributed by atoms with Crippen molar-refractivity contribution in [3.8, 4) is 6.07 Å². The minimum atomic E-state index is -0.663. The quantitative estimate of drug-likeness (QED) is 0.604. The fraction of sp³-hybridized carbons (Fsp3) is 0.100. The first-order valence-corrected chi connectivity index (χ1v) is 7.99. The van der Waals surface area contributed by atoms with Gasteiger partial charge in [0.2, 0.25) is 0 Å². The molecular formula is C20H17N3O4. The number of hydrogen-bond acceptors (Lipinski definition) is 5. The maximum absolute atomic E-state index is 11.8. The minimum Gasteiger partial charge on any atom is -0.452 e. The first-order valence-electron chi connectivity index (χ1n) is 7.99. The zero-order valence-corrected chi connectivity index (χ0v) is 14.6. The second-order valence-electron chi connectivity index (χ2n) is 5.38. The van der Waals surface area contributed by atoms with Gasteiger partial charge in [-0.05, 0) is 48.0 Å². The second-order valence-corrected chi connectivity index (χ2v) is 5.38. The van der Waals surface area contributed by atoms with Crippen molar-refractivity contribution in [2.45, 2.75) is 0 Å². The van der Waals surface area contributed by atoms with Crippen LogP contribution in [-0.4, -0.2) is 31.4 Å². The van der Waals surface area contributed by atoms with Crippen molar-refractivity contribution in [1.82, 2.24) is 5.32 Å². The molecule has 0 aliphatic heterocycles. The summed E-state index contributed by atoms with van der Waals surface area (Å²) >= 11 is 0. The Hall–Kier alpha value is -3.92. The summed E-state index contributed by atoms with van der Waals surface area (Å²) in [6.07, 6.45) is 2.73. The largest absolute Gasteiger partial charge is 0.452 e. The highest BCUT2D eigenvalue weighted by Gasteiger charge is 2.07. The first kappa shape index (κ1) is 19.4. The highest BCUT2D eigenvalue weighted by Crippen LogP contribution is 2.09. The van der Waals surface area contributed by atoms with Gasteiger partial charge in [-0.3, -0.25) is 9.59 Å². The zero-order valence-electron chi connectivity index (χ0n) is 14.6. The molecule has 27 heavy (non-hydrogen) atoms. The van der Waals surface area contributed by atoms with E-state index in [0.29, 0.717) is 16.8 Å². The van der Waals surface area contributed by atoms with Gasteiger partial charge >= 0.3 is 5.97 Å². The molecule has 0 unspecified atom stereocenters. The molecule has 0 heterocycles. The summed E-state index contributed by atoms with van der Waals surface area (Å²) in [7, 11) is 1.53. The van der Waals surface area contributed by atoms with Gasteiger partial charge in [0.05, 0.1) is 11.6 Å². The topological polar surface area (TPSA) is 108 Å². The van der Waals surface area contributed by atoms with E-state index in [1.807, 2.05) is 6.07 Å². The molecule has 0 atom stereocenters. The number of ether oxygens (including phenoxy) is 1. The van der Waals surface area contributed by atoms with E-state index in [1.54, 1.807) is 48.5 Å². The fourth-order valence-corrected chi connectivity index (χ4v) is 2.06. The number of nitriles is 1. The van der Waals surface area contributed by atoms with Crippen molar-refractivity contribution < 1.29 is 19.1 Å². The normalized spacial score (nSPS) is 10.1. The molecule has 136 valence electrons. The molecule has 0 fully saturated rings. The molecule has 7 nitrogen and oxygen atoms in total. The highest BCUT2D eigenvalue weighted by atomic mass is 16.5. The lowest BCUT2D eigenvalue weighted by Gasteiger charge is -2.06. The Kier molecular flexibility index (Phi) is 6.85. The predicted molar refractivity (Wildman–Crippen MR) is 99.6 cm³/mol. The minimum absolute atomic E-state index is 0.226. The lowest BCUT2D eigenvalue weighted by atomic mass is 10.1. The van der Waals surface area contributed by atoms with E-state index in [2.05, 4.69) is 10.6 Å². The number of carbonyl (C=O) groups is 3. The smallest absolute Gasteiger partial charge is 0.331 e. The van der Waals surface area contributed by atoms with Crippen LogP contribution in [0.5, 0.6) is 0 Å². The van der Waals surface area contributed by atoms with Crippen molar-refractivity contribution in [3.63, 3.8) is 0 Å². The number of nitrogens with zero attached hydrogens (tertiary/aromatic N) is 1. The van der Waals surface area contributed by atoms with Gasteiger partial charge in [-0.2, -0.15) is 5.26 Å². The van der Waals surface area contributed by atoms with Crippen LogP contribution >= 0.6 is 0 Å². The Balaban J connectivity index is 1.80. The third-order valence-corrected chi connectivity index (χ3v) is 3.46. The number of hydrogen-bond donors (Lipinski definition) is 2. The summed E-state index contributed by atoms with van der Waals surface area (Å²) in [6.45, 7) is -0.437. The highest BCUT2D eigenvalue weighted by molar-refractivity contribution is 5.96. The Morgan fingerprint density at radius 1 is 1.07 bits per heavy atom. The summed E-state index contributed by atoms with van der Waals surface area (Å²) in [6, 6.07) is 15.0. The molecule has 0 bridgehead atoms. The third-order valence-electron chi connectivity index (χ3n) is 3.46. The van der Waals surface area contributed by atoms with Gasteiger partial charge in [0, 0.05) is 24.4 Å². The van der Waals surface area contributed by atoms with Crippen LogP contribution in [0.2, 0.25) is 0 Å². The molecule has 2 aromatic rings. The molecular weight excluding hydrogens is 346 g/mol. The van der Waals surface area contributed by atoms with E-state index in [0.717, 1.165) is 5.56 Å². The van der Waals surface area contributed by atoms with Gasteiger partial charge < -0.3 is 15.4 Å². The number of carbonyl (C=O) groups excluding carboxylic acids is 3. The first-order chi connectivity index (χ1) is 13.0. The number of anilines is 1. The van der Waals surface area contributed by atoms with E-state index in [1.165, 1.54) is 19.2 Å². The molecule has 2 N–H and O–H groups in total. The number of rotatable bonds is 6. The molecule has 2 amide bonds. The van der Waals surface area contributed by atoms with E-state index >= 15 is 0 Å². The van der Waals surface area contributed by atoms with Gasteiger partial charge in [0.1, 0.15) is 0 Å². The maximum Gasteiger partial charge on any atom is 0.331 e. The Morgan fingerprint density at radius 2 is 1.74 bits per heavy atom. The van der Waals surface area contributed by atoms with E-state index in [-0.39, 0.29) is 5.91 Å². The van der Waals surface area contributed by atoms with Gasteiger partial charge in [0.25, 0.3) is 11.8 Å². The predicted octanol–water partition coefficient (Wildman–Crippen LogP) is 2.11. The van der Waals surface area contributed by atoms with Crippen LogP contribution in [0.3, 0.4) is 0 Å². The van der Waals surface area contributed by atoms with Crippen molar-refractivity contribution in [2.24, 2.45) is 0 Å². The molecule has 0 saturated heterocycles. The number of amides is 2. The Bertz CT molecular complexity index is 894. The Morgan fingerprint density at radius 3 is 2.33 bits per heavy atom. The van der Waals surface area contributed by atoms with E-state index < -0.39 is 18.5 Å². The van der Waals surface area contributed by atoms with Crippen LogP contribution < -0.4 is 10.6 Å². The van der Waals surface area contributed by atoms with Crippen molar-refractivity contribution >= 4 is 29.5 Å². The lowest BCUT2D eigenvalue weighted by molar-refractivity contribution is -0.142. The molecule has 7 heteroatoms. The van der Waals surface area contributed by atoms with Gasteiger partial charge in [-0.1, -0.05) is 12.1 Å². The number of nitrogens with one attached hydrogen (secondary N) is 2. The molecule has 2 rings (SSSR count). The maximum atomic E-state index is 11.8.